The Morgan fingerprint density at radius 2 is 1.72 bits per heavy atom. The first-order valence-electron chi connectivity index (χ1n) is 4.79. The van der Waals surface area contributed by atoms with E-state index < -0.39 is 0 Å². The normalized spacial score (nSPS) is 10.4. The minimum atomic E-state index is 0.205. The van der Waals surface area contributed by atoms with Crippen molar-refractivity contribution in [1.29, 1.82) is 0 Å². The van der Waals surface area contributed by atoms with Crippen molar-refractivity contribution in [2.45, 2.75) is 0 Å². The number of carbonyl (C=O) groups is 1. The first-order valence-corrected chi connectivity index (χ1v) is 6.30. The van der Waals surface area contributed by atoms with Crippen molar-refractivity contribution in [3.05, 3.63) is 50.0 Å². The molecule has 0 aliphatic heterocycles. The second kappa shape index (κ2) is 5.45. The van der Waals surface area contributed by atoms with Crippen molar-refractivity contribution in [3.8, 4) is 11.3 Å². The van der Waals surface area contributed by atoms with Gasteiger partial charge in [-0.3, -0.25) is 4.79 Å². The molecule has 0 aliphatic carbocycles. The van der Waals surface area contributed by atoms with E-state index in [0.717, 1.165) is 0 Å². The summed E-state index contributed by atoms with van der Waals surface area (Å²) in [4.78, 5) is 14.9. The summed E-state index contributed by atoms with van der Waals surface area (Å²) in [5, 5.41) is 1.07. The molecule has 0 atom stereocenters. The standard InChI is InChI=1S/C12H5Cl4NO/c13-8-2-1-7(11(15)12(8)16)9-3-6(5-18)4-10(14)17-9/h1-5H. The third kappa shape index (κ3) is 2.62. The van der Waals surface area contributed by atoms with Gasteiger partial charge in [0.25, 0.3) is 0 Å². The minimum absolute atomic E-state index is 0.205. The van der Waals surface area contributed by atoms with Gasteiger partial charge in [0.1, 0.15) is 11.4 Å². The Morgan fingerprint density at radius 3 is 2.39 bits per heavy atom. The molecule has 2 rings (SSSR count). The Labute approximate surface area is 123 Å². The van der Waals surface area contributed by atoms with Gasteiger partial charge >= 0.3 is 0 Å². The Kier molecular flexibility index (Phi) is 4.13. The summed E-state index contributed by atoms with van der Waals surface area (Å²) in [6.45, 7) is 0. The quantitative estimate of drug-likeness (QED) is 0.434. The molecule has 0 saturated heterocycles. The van der Waals surface area contributed by atoms with Crippen LogP contribution in [0.1, 0.15) is 10.4 Å². The van der Waals surface area contributed by atoms with Crippen LogP contribution >= 0.6 is 46.4 Å². The predicted octanol–water partition coefficient (Wildman–Crippen LogP) is 5.17. The number of carbonyl (C=O) groups excluding carboxylic acids is 1. The van der Waals surface area contributed by atoms with Crippen molar-refractivity contribution < 1.29 is 4.79 Å². The molecule has 6 heteroatoms. The third-order valence-electron chi connectivity index (χ3n) is 2.26. The molecule has 0 saturated carbocycles. The van der Waals surface area contributed by atoms with Crippen LogP contribution in [0.15, 0.2) is 24.3 Å². The molecule has 0 radical (unpaired) electrons. The molecule has 2 nitrogen and oxygen atoms in total. The maximum absolute atomic E-state index is 10.8. The number of nitrogens with zero attached hydrogens (tertiary/aromatic N) is 1. The van der Waals surface area contributed by atoms with Crippen LogP contribution in [0, 0.1) is 0 Å². The SMILES string of the molecule is O=Cc1cc(Cl)nc(-c2ccc(Cl)c(Cl)c2Cl)c1. The molecule has 92 valence electrons. The second-order valence-electron chi connectivity index (χ2n) is 3.45. The van der Waals surface area contributed by atoms with Gasteiger partial charge in [0.15, 0.2) is 0 Å². The molecule has 1 aromatic carbocycles. The molecule has 18 heavy (non-hydrogen) atoms. The van der Waals surface area contributed by atoms with Gasteiger partial charge in [0.05, 0.1) is 20.8 Å². The topological polar surface area (TPSA) is 30.0 Å². The van der Waals surface area contributed by atoms with E-state index in [9.17, 15) is 4.79 Å². The fourth-order valence-electron chi connectivity index (χ4n) is 1.45. The summed E-state index contributed by atoms with van der Waals surface area (Å²) >= 11 is 23.7. The molecule has 0 fully saturated rings. The second-order valence-corrected chi connectivity index (χ2v) is 5.00. The van der Waals surface area contributed by atoms with E-state index in [-0.39, 0.29) is 15.2 Å². The van der Waals surface area contributed by atoms with Crippen molar-refractivity contribution in [1.82, 2.24) is 4.98 Å². The van der Waals surface area contributed by atoms with Crippen LogP contribution < -0.4 is 0 Å². The highest BCUT2D eigenvalue weighted by Gasteiger charge is 2.12. The van der Waals surface area contributed by atoms with Crippen molar-refractivity contribution in [2.75, 3.05) is 0 Å². The smallest absolute Gasteiger partial charge is 0.150 e. The minimum Gasteiger partial charge on any atom is -0.298 e. The van der Waals surface area contributed by atoms with Gasteiger partial charge in [-0.15, -0.1) is 0 Å². The summed E-state index contributed by atoms with van der Waals surface area (Å²) in [5.74, 6) is 0. The number of rotatable bonds is 2. The van der Waals surface area contributed by atoms with Gasteiger partial charge in [-0.1, -0.05) is 46.4 Å². The fourth-order valence-corrected chi connectivity index (χ4v) is 2.30. The lowest BCUT2D eigenvalue weighted by Gasteiger charge is -2.07. The lowest BCUT2D eigenvalue weighted by molar-refractivity contribution is 0.112. The zero-order chi connectivity index (χ0) is 13.3. The maximum atomic E-state index is 10.8. The van der Waals surface area contributed by atoms with Crippen LogP contribution in [0.4, 0.5) is 0 Å². The van der Waals surface area contributed by atoms with E-state index in [2.05, 4.69) is 4.98 Å². The molecule has 0 bridgehead atoms. The van der Waals surface area contributed by atoms with Crippen LogP contribution in [-0.2, 0) is 0 Å². The summed E-state index contributed by atoms with van der Waals surface area (Å²) in [7, 11) is 0. The lowest BCUT2D eigenvalue weighted by atomic mass is 10.1. The van der Waals surface area contributed by atoms with Crippen LogP contribution in [-0.4, -0.2) is 11.3 Å². The van der Waals surface area contributed by atoms with Crippen molar-refractivity contribution in [3.63, 3.8) is 0 Å². The van der Waals surface area contributed by atoms with E-state index in [4.69, 9.17) is 46.4 Å². The Bertz CT molecular complexity index is 628. The Hall–Kier alpha value is -0.800. The summed E-state index contributed by atoms with van der Waals surface area (Å²) in [6, 6.07) is 6.31. The van der Waals surface area contributed by atoms with Gasteiger partial charge in [-0.25, -0.2) is 4.98 Å². The molecule has 0 unspecified atom stereocenters. The number of benzene rings is 1. The summed E-state index contributed by atoms with van der Waals surface area (Å²) in [6.07, 6.45) is 0.683. The molecule has 1 heterocycles. The number of pyridine rings is 1. The molecule has 0 N–H and O–H groups in total. The monoisotopic (exact) mass is 319 g/mol. The highest BCUT2D eigenvalue weighted by atomic mass is 35.5. The number of halogens is 4. The fraction of sp³-hybridized carbons (Fsp3) is 0. The van der Waals surface area contributed by atoms with E-state index in [1.807, 2.05) is 0 Å². The van der Waals surface area contributed by atoms with E-state index in [1.54, 1.807) is 18.2 Å². The summed E-state index contributed by atoms with van der Waals surface area (Å²) in [5.41, 5.74) is 1.44. The van der Waals surface area contributed by atoms with E-state index in [1.165, 1.54) is 6.07 Å². The van der Waals surface area contributed by atoms with Crippen LogP contribution in [0.3, 0.4) is 0 Å². The van der Waals surface area contributed by atoms with Gasteiger partial charge in [0.2, 0.25) is 0 Å². The number of hydrogen-bond donors (Lipinski definition) is 0. The lowest BCUT2D eigenvalue weighted by Crippen LogP contribution is -1.90. The zero-order valence-corrected chi connectivity index (χ0v) is 11.8. The van der Waals surface area contributed by atoms with Gasteiger partial charge < -0.3 is 0 Å². The van der Waals surface area contributed by atoms with Crippen molar-refractivity contribution >= 4 is 52.7 Å². The molecule has 0 amide bonds. The highest BCUT2D eigenvalue weighted by Crippen LogP contribution is 2.37. The average Bonchev–Trinajstić information content (AvgIpc) is 2.35. The third-order valence-corrected chi connectivity index (χ3v) is 3.75. The maximum Gasteiger partial charge on any atom is 0.150 e. The molecular formula is C12H5Cl4NO. The van der Waals surface area contributed by atoms with Gasteiger partial charge in [-0.05, 0) is 24.3 Å². The van der Waals surface area contributed by atoms with Gasteiger partial charge in [0, 0.05) is 11.1 Å². The molecule has 0 aliphatic rings. The molecule has 0 spiro atoms. The van der Waals surface area contributed by atoms with Gasteiger partial charge in [-0.2, -0.15) is 0 Å². The molecular weight excluding hydrogens is 316 g/mol. The Balaban J connectivity index is 2.65. The predicted molar refractivity (Wildman–Crippen MR) is 75.1 cm³/mol. The van der Waals surface area contributed by atoms with Crippen LogP contribution in [0.5, 0.6) is 0 Å². The van der Waals surface area contributed by atoms with Crippen molar-refractivity contribution in [2.24, 2.45) is 0 Å². The average molecular weight is 321 g/mol. The summed E-state index contributed by atoms with van der Waals surface area (Å²) < 4.78 is 0. The largest absolute Gasteiger partial charge is 0.298 e. The van der Waals surface area contributed by atoms with Crippen LogP contribution in [0.2, 0.25) is 20.2 Å². The first-order chi connectivity index (χ1) is 8.52. The Morgan fingerprint density at radius 1 is 1.00 bits per heavy atom. The van der Waals surface area contributed by atoms with E-state index >= 15 is 0 Å². The first kappa shape index (κ1) is 13.6. The number of aldehydes is 1. The molecule has 2 aromatic rings. The molecule has 1 aromatic heterocycles. The van der Waals surface area contributed by atoms with Crippen LogP contribution in [0.25, 0.3) is 11.3 Å². The number of aromatic nitrogens is 1. The van der Waals surface area contributed by atoms with E-state index in [0.29, 0.717) is 28.1 Å². The number of hydrogen-bond acceptors (Lipinski definition) is 2. The highest BCUT2D eigenvalue weighted by molar-refractivity contribution is 6.49. The zero-order valence-electron chi connectivity index (χ0n) is 8.75.